The van der Waals surface area contributed by atoms with E-state index in [1.54, 1.807) is 6.07 Å². The molecule has 1 fully saturated rings. The maximum Gasteiger partial charge on any atom is 0.124 e. The second-order valence-electron chi connectivity index (χ2n) is 6.76. The molecule has 0 saturated heterocycles. The molecule has 4 heteroatoms. The monoisotopic (exact) mass is 342 g/mol. The topological polar surface area (TPSA) is 38.0 Å². The predicted octanol–water partition coefficient (Wildman–Crippen LogP) is 4.18. The summed E-state index contributed by atoms with van der Waals surface area (Å²) in [5, 5.41) is 0. The van der Waals surface area contributed by atoms with Crippen LogP contribution in [0.3, 0.4) is 0 Å². The lowest BCUT2D eigenvalue weighted by atomic mass is 9.70. The molecule has 0 amide bonds. The molecule has 1 unspecified atom stereocenters. The molecule has 20 heavy (non-hydrogen) atoms. The highest BCUT2D eigenvalue weighted by Crippen LogP contribution is 2.39. The van der Waals surface area contributed by atoms with Crippen molar-refractivity contribution in [3.05, 3.63) is 34.1 Å². The Bertz CT molecular complexity index is 432. The molecule has 0 heterocycles. The van der Waals surface area contributed by atoms with Gasteiger partial charge in [-0.25, -0.2) is 4.39 Å². The Morgan fingerprint density at radius 3 is 2.55 bits per heavy atom. The molecule has 3 N–H and O–H groups in total. The van der Waals surface area contributed by atoms with E-state index in [9.17, 15) is 4.39 Å². The fourth-order valence-corrected chi connectivity index (χ4v) is 3.68. The van der Waals surface area contributed by atoms with Crippen LogP contribution in [-0.4, -0.2) is 6.04 Å². The van der Waals surface area contributed by atoms with Crippen LogP contribution >= 0.6 is 15.9 Å². The molecule has 1 aliphatic rings. The maximum absolute atomic E-state index is 13.4. The maximum atomic E-state index is 13.4. The lowest BCUT2D eigenvalue weighted by Gasteiger charge is -2.37. The van der Waals surface area contributed by atoms with E-state index in [-0.39, 0.29) is 11.9 Å². The Morgan fingerprint density at radius 1 is 1.35 bits per heavy atom. The second-order valence-corrected chi connectivity index (χ2v) is 7.67. The van der Waals surface area contributed by atoms with Crippen LogP contribution in [0, 0.1) is 17.2 Å². The van der Waals surface area contributed by atoms with Gasteiger partial charge < -0.3 is 0 Å². The van der Waals surface area contributed by atoms with Gasteiger partial charge in [-0.1, -0.05) is 29.8 Å². The standard InChI is InChI=1S/C16H24BrFN2/c1-16(2)5-3-12(4-6-16)15(20-19)9-11-7-13(17)10-14(18)8-11/h7-8,10,12,15,20H,3-6,9,19H2,1-2H3. The molecule has 2 rings (SSSR count). The first-order valence-corrected chi connectivity index (χ1v) is 8.10. The molecule has 0 bridgehead atoms. The quantitative estimate of drug-likeness (QED) is 0.636. The van der Waals surface area contributed by atoms with Gasteiger partial charge in [-0.2, -0.15) is 0 Å². The Balaban J connectivity index is 2.02. The van der Waals surface area contributed by atoms with Gasteiger partial charge in [-0.15, -0.1) is 0 Å². The fourth-order valence-electron chi connectivity index (χ4n) is 3.17. The van der Waals surface area contributed by atoms with Crippen LogP contribution in [0.5, 0.6) is 0 Å². The predicted molar refractivity (Wildman–Crippen MR) is 84.7 cm³/mol. The molecular weight excluding hydrogens is 319 g/mol. The second kappa shape index (κ2) is 6.54. The van der Waals surface area contributed by atoms with Gasteiger partial charge in [0.1, 0.15) is 5.82 Å². The van der Waals surface area contributed by atoms with E-state index in [0.717, 1.165) is 16.5 Å². The highest BCUT2D eigenvalue weighted by molar-refractivity contribution is 9.10. The van der Waals surface area contributed by atoms with Crippen molar-refractivity contribution >= 4 is 15.9 Å². The number of nitrogens with one attached hydrogen (secondary N) is 1. The fraction of sp³-hybridized carbons (Fsp3) is 0.625. The van der Waals surface area contributed by atoms with Crippen LogP contribution in [-0.2, 0) is 6.42 Å². The van der Waals surface area contributed by atoms with Crippen molar-refractivity contribution in [3.63, 3.8) is 0 Å². The van der Waals surface area contributed by atoms with Gasteiger partial charge in [0.15, 0.2) is 0 Å². The minimum atomic E-state index is -0.199. The van der Waals surface area contributed by atoms with Gasteiger partial charge >= 0.3 is 0 Å². The summed E-state index contributed by atoms with van der Waals surface area (Å²) in [7, 11) is 0. The Labute approximate surface area is 129 Å². The number of rotatable bonds is 4. The normalized spacial score (nSPS) is 20.9. The SMILES string of the molecule is CC1(C)CCC(C(Cc2cc(F)cc(Br)c2)NN)CC1. The van der Waals surface area contributed by atoms with E-state index < -0.39 is 0 Å². The molecule has 1 aromatic carbocycles. The molecule has 1 aromatic rings. The molecule has 1 aliphatic carbocycles. The summed E-state index contributed by atoms with van der Waals surface area (Å²) in [4.78, 5) is 0. The van der Waals surface area contributed by atoms with Crippen LogP contribution < -0.4 is 11.3 Å². The largest absolute Gasteiger partial charge is 0.271 e. The average molecular weight is 343 g/mol. The zero-order valence-electron chi connectivity index (χ0n) is 12.3. The van der Waals surface area contributed by atoms with Crippen LogP contribution in [0.15, 0.2) is 22.7 Å². The minimum absolute atomic E-state index is 0.199. The van der Waals surface area contributed by atoms with Crippen molar-refractivity contribution in [1.29, 1.82) is 0 Å². The lowest BCUT2D eigenvalue weighted by molar-refractivity contribution is 0.161. The third-order valence-electron chi connectivity index (χ3n) is 4.54. The van der Waals surface area contributed by atoms with Crippen LogP contribution in [0.1, 0.15) is 45.1 Å². The Morgan fingerprint density at radius 2 is 2.00 bits per heavy atom. The van der Waals surface area contributed by atoms with Gasteiger partial charge in [-0.3, -0.25) is 11.3 Å². The summed E-state index contributed by atoms with van der Waals surface area (Å²) in [5.74, 6) is 6.12. The zero-order chi connectivity index (χ0) is 14.8. The van der Waals surface area contributed by atoms with E-state index >= 15 is 0 Å². The summed E-state index contributed by atoms with van der Waals surface area (Å²) < 4.78 is 14.2. The molecule has 0 aliphatic heterocycles. The van der Waals surface area contributed by atoms with E-state index in [1.165, 1.54) is 31.7 Å². The molecule has 1 saturated carbocycles. The molecule has 0 aromatic heterocycles. The molecule has 0 spiro atoms. The van der Waals surface area contributed by atoms with Crippen LogP contribution in [0.2, 0.25) is 0 Å². The lowest BCUT2D eigenvalue weighted by Crippen LogP contribution is -2.44. The van der Waals surface area contributed by atoms with Crippen molar-refractivity contribution in [2.75, 3.05) is 0 Å². The Kier molecular flexibility index (Phi) is 5.21. The summed E-state index contributed by atoms with van der Waals surface area (Å²) in [6.45, 7) is 4.66. The molecule has 0 radical (unpaired) electrons. The van der Waals surface area contributed by atoms with E-state index in [1.807, 2.05) is 6.07 Å². The smallest absolute Gasteiger partial charge is 0.124 e. The minimum Gasteiger partial charge on any atom is -0.271 e. The first-order valence-electron chi connectivity index (χ1n) is 7.31. The number of benzene rings is 1. The van der Waals surface area contributed by atoms with Gasteiger partial charge in [-0.05, 0) is 67.2 Å². The average Bonchev–Trinajstić information content (AvgIpc) is 2.35. The number of hydrazine groups is 1. The first-order chi connectivity index (χ1) is 9.39. The van der Waals surface area contributed by atoms with E-state index in [2.05, 4.69) is 35.2 Å². The van der Waals surface area contributed by atoms with E-state index in [4.69, 9.17) is 5.84 Å². The van der Waals surface area contributed by atoms with Crippen molar-refractivity contribution < 1.29 is 4.39 Å². The van der Waals surface area contributed by atoms with Crippen LogP contribution in [0.25, 0.3) is 0 Å². The number of halogens is 2. The third-order valence-corrected chi connectivity index (χ3v) is 5.00. The van der Waals surface area contributed by atoms with Crippen LogP contribution in [0.4, 0.5) is 4.39 Å². The van der Waals surface area contributed by atoms with Gasteiger partial charge in [0.05, 0.1) is 0 Å². The highest BCUT2D eigenvalue weighted by Gasteiger charge is 2.31. The Hall–Kier alpha value is -0.450. The molecule has 2 nitrogen and oxygen atoms in total. The van der Waals surface area contributed by atoms with Gasteiger partial charge in [0.2, 0.25) is 0 Å². The summed E-state index contributed by atoms with van der Waals surface area (Å²) in [6.07, 6.45) is 5.64. The summed E-state index contributed by atoms with van der Waals surface area (Å²) in [6, 6.07) is 5.28. The van der Waals surface area contributed by atoms with Gasteiger partial charge in [0, 0.05) is 10.5 Å². The van der Waals surface area contributed by atoms with E-state index in [0.29, 0.717) is 11.3 Å². The first kappa shape index (κ1) is 15.9. The van der Waals surface area contributed by atoms with Crippen molar-refractivity contribution in [2.24, 2.45) is 17.2 Å². The van der Waals surface area contributed by atoms with Crippen molar-refractivity contribution in [1.82, 2.24) is 5.43 Å². The number of nitrogens with two attached hydrogens (primary N) is 1. The van der Waals surface area contributed by atoms with Crippen molar-refractivity contribution in [2.45, 2.75) is 52.0 Å². The zero-order valence-corrected chi connectivity index (χ0v) is 13.8. The van der Waals surface area contributed by atoms with Gasteiger partial charge in [0.25, 0.3) is 0 Å². The third kappa shape index (κ3) is 4.27. The molecule has 112 valence electrons. The highest BCUT2D eigenvalue weighted by atomic mass is 79.9. The summed E-state index contributed by atoms with van der Waals surface area (Å²) in [5.41, 5.74) is 4.40. The number of hydrogen-bond donors (Lipinski definition) is 2. The molecule has 1 atom stereocenters. The number of hydrogen-bond acceptors (Lipinski definition) is 2. The molecular formula is C16H24BrFN2. The summed E-state index contributed by atoms with van der Waals surface area (Å²) >= 11 is 3.34. The van der Waals surface area contributed by atoms with Crippen molar-refractivity contribution in [3.8, 4) is 0 Å².